The lowest BCUT2D eigenvalue weighted by Gasteiger charge is -2.34. The lowest BCUT2D eigenvalue weighted by atomic mass is 10.1. The summed E-state index contributed by atoms with van der Waals surface area (Å²) in [7, 11) is 0. The Morgan fingerprint density at radius 3 is 2.50 bits per heavy atom. The van der Waals surface area contributed by atoms with Crippen molar-refractivity contribution in [1.82, 2.24) is 19.8 Å². The molecule has 6 nitrogen and oxygen atoms in total. The van der Waals surface area contributed by atoms with Crippen LogP contribution in [0.25, 0.3) is 10.8 Å². The van der Waals surface area contributed by atoms with Crippen LogP contribution in [-0.2, 0) is 17.8 Å². The Morgan fingerprint density at radius 1 is 0.964 bits per heavy atom. The number of benzene rings is 1. The van der Waals surface area contributed by atoms with E-state index in [4.69, 9.17) is 5.11 Å². The van der Waals surface area contributed by atoms with Crippen molar-refractivity contribution in [2.24, 2.45) is 0 Å². The zero-order valence-electron chi connectivity index (χ0n) is 15.8. The van der Waals surface area contributed by atoms with Crippen molar-refractivity contribution in [2.45, 2.75) is 13.0 Å². The second kappa shape index (κ2) is 8.46. The van der Waals surface area contributed by atoms with Crippen molar-refractivity contribution in [1.29, 1.82) is 0 Å². The van der Waals surface area contributed by atoms with Gasteiger partial charge >= 0.3 is 0 Å². The molecule has 0 spiro atoms. The zero-order chi connectivity index (χ0) is 19.3. The molecule has 1 N–H and O–H groups in total. The molecule has 144 valence electrons. The number of aliphatic hydroxyl groups excluding tert-OH is 1. The maximum Gasteiger partial charge on any atom is 0.248 e. The standard InChI is InChI=1S/C22H24N4O2/c27-16-22(28)26-9-7-25(8-10-26)15-17-5-6-23-20(11-17)13-21-12-18-3-1-2-4-19(18)14-24-21/h1-6,11-12,14,27H,7-10,13,15-16H2. The van der Waals surface area contributed by atoms with Gasteiger partial charge in [-0.25, -0.2) is 0 Å². The van der Waals surface area contributed by atoms with Gasteiger partial charge in [-0.15, -0.1) is 0 Å². The summed E-state index contributed by atoms with van der Waals surface area (Å²) in [5.41, 5.74) is 3.24. The Kier molecular flexibility index (Phi) is 5.60. The number of aromatic nitrogens is 2. The largest absolute Gasteiger partial charge is 0.387 e. The van der Waals surface area contributed by atoms with E-state index in [9.17, 15) is 4.79 Å². The van der Waals surface area contributed by atoms with Crippen LogP contribution in [0.2, 0.25) is 0 Å². The van der Waals surface area contributed by atoms with Gasteiger partial charge in [-0.2, -0.15) is 0 Å². The number of rotatable bonds is 5. The molecule has 2 aromatic heterocycles. The molecular weight excluding hydrogens is 352 g/mol. The number of carbonyl (C=O) groups excluding carboxylic acids is 1. The zero-order valence-corrected chi connectivity index (χ0v) is 15.8. The van der Waals surface area contributed by atoms with E-state index in [0.717, 1.165) is 36.4 Å². The van der Waals surface area contributed by atoms with E-state index in [1.165, 1.54) is 10.9 Å². The Labute approximate surface area is 164 Å². The molecule has 0 radical (unpaired) electrons. The van der Waals surface area contributed by atoms with Gasteiger partial charge in [0.05, 0.1) is 0 Å². The van der Waals surface area contributed by atoms with E-state index in [-0.39, 0.29) is 5.91 Å². The minimum atomic E-state index is -0.406. The Morgan fingerprint density at radius 2 is 1.71 bits per heavy atom. The van der Waals surface area contributed by atoms with Crippen LogP contribution in [0.15, 0.2) is 54.9 Å². The summed E-state index contributed by atoms with van der Waals surface area (Å²) in [6.45, 7) is 3.39. The fourth-order valence-corrected chi connectivity index (χ4v) is 3.65. The van der Waals surface area contributed by atoms with E-state index >= 15 is 0 Å². The molecule has 3 aromatic rings. The first-order valence-corrected chi connectivity index (χ1v) is 9.60. The summed E-state index contributed by atoms with van der Waals surface area (Å²) < 4.78 is 0. The van der Waals surface area contributed by atoms with E-state index in [0.29, 0.717) is 19.5 Å². The molecule has 1 fully saturated rings. The van der Waals surface area contributed by atoms with Crippen LogP contribution in [0.5, 0.6) is 0 Å². The van der Waals surface area contributed by atoms with Gasteiger partial charge in [-0.3, -0.25) is 19.7 Å². The molecule has 1 aliphatic heterocycles. The summed E-state index contributed by atoms with van der Waals surface area (Å²) in [6, 6.07) is 14.5. The van der Waals surface area contributed by atoms with Crippen LogP contribution in [0.1, 0.15) is 17.0 Å². The van der Waals surface area contributed by atoms with Gasteiger partial charge < -0.3 is 10.0 Å². The maximum absolute atomic E-state index is 11.6. The average Bonchev–Trinajstić information content (AvgIpc) is 2.74. The third-order valence-corrected chi connectivity index (χ3v) is 5.20. The van der Waals surface area contributed by atoms with Crippen LogP contribution in [-0.4, -0.2) is 63.6 Å². The second-order valence-electron chi connectivity index (χ2n) is 7.17. The molecule has 4 rings (SSSR count). The molecule has 6 heteroatoms. The topological polar surface area (TPSA) is 69.6 Å². The normalized spacial score (nSPS) is 15.1. The van der Waals surface area contributed by atoms with Crippen LogP contribution in [0.4, 0.5) is 0 Å². The molecule has 0 bridgehead atoms. The maximum atomic E-state index is 11.6. The fourth-order valence-electron chi connectivity index (χ4n) is 3.65. The first-order valence-electron chi connectivity index (χ1n) is 9.60. The number of aliphatic hydroxyl groups is 1. The summed E-state index contributed by atoms with van der Waals surface area (Å²) in [5.74, 6) is -0.186. The number of nitrogens with zero attached hydrogens (tertiary/aromatic N) is 4. The minimum absolute atomic E-state index is 0.186. The van der Waals surface area contributed by atoms with Gasteiger partial charge in [0.1, 0.15) is 6.61 Å². The molecule has 3 heterocycles. The highest BCUT2D eigenvalue weighted by Crippen LogP contribution is 2.16. The molecule has 1 aromatic carbocycles. The molecule has 28 heavy (non-hydrogen) atoms. The third kappa shape index (κ3) is 4.35. The van der Waals surface area contributed by atoms with Crippen LogP contribution in [0, 0.1) is 0 Å². The highest BCUT2D eigenvalue weighted by atomic mass is 16.3. The smallest absolute Gasteiger partial charge is 0.248 e. The highest BCUT2D eigenvalue weighted by molar-refractivity contribution is 5.81. The fraction of sp³-hybridized carbons (Fsp3) is 0.318. The number of amides is 1. The number of carbonyl (C=O) groups is 1. The Bertz CT molecular complexity index is 967. The lowest BCUT2D eigenvalue weighted by molar-refractivity contribution is -0.135. The summed E-state index contributed by atoms with van der Waals surface area (Å²) >= 11 is 0. The predicted octanol–water partition coefficient (Wildman–Crippen LogP) is 1.86. The molecule has 0 unspecified atom stereocenters. The number of piperazine rings is 1. The SMILES string of the molecule is O=C(CO)N1CCN(Cc2ccnc(Cc3cc4ccccc4cn3)c2)CC1. The van der Waals surface area contributed by atoms with Crippen molar-refractivity contribution in [3.05, 3.63) is 71.8 Å². The number of hydrogen-bond donors (Lipinski definition) is 1. The van der Waals surface area contributed by atoms with Crippen molar-refractivity contribution >= 4 is 16.7 Å². The van der Waals surface area contributed by atoms with Crippen molar-refractivity contribution in [3.8, 4) is 0 Å². The van der Waals surface area contributed by atoms with Crippen molar-refractivity contribution in [3.63, 3.8) is 0 Å². The van der Waals surface area contributed by atoms with Crippen molar-refractivity contribution < 1.29 is 9.90 Å². The monoisotopic (exact) mass is 376 g/mol. The van der Waals surface area contributed by atoms with E-state index in [2.05, 4.69) is 39.1 Å². The van der Waals surface area contributed by atoms with E-state index in [1.54, 1.807) is 4.90 Å². The van der Waals surface area contributed by atoms with Gasteiger partial charge in [-0.05, 0) is 29.1 Å². The quantitative estimate of drug-likeness (QED) is 0.736. The van der Waals surface area contributed by atoms with E-state index in [1.807, 2.05) is 30.6 Å². The lowest BCUT2D eigenvalue weighted by Crippen LogP contribution is -2.49. The summed E-state index contributed by atoms with van der Waals surface area (Å²) in [5, 5.41) is 11.3. The predicted molar refractivity (Wildman–Crippen MR) is 108 cm³/mol. The Balaban J connectivity index is 1.39. The highest BCUT2D eigenvalue weighted by Gasteiger charge is 2.20. The van der Waals surface area contributed by atoms with Crippen LogP contribution < -0.4 is 0 Å². The summed E-state index contributed by atoms with van der Waals surface area (Å²) in [4.78, 5) is 24.7. The molecule has 1 amide bonds. The van der Waals surface area contributed by atoms with Gasteiger partial charge in [0, 0.05) is 68.3 Å². The van der Waals surface area contributed by atoms with Crippen LogP contribution >= 0.6 is 0 Å². The molecule has 0 atom stereocenters. The molecular formula is C22H24N4O2. The van der Waals surface area contributed by atoms with Gasteiger partial charge in [-0.1, -0.05) is 24.3 Å². The first kappa shape index (κ1) is 18.5. The molecule has 0 saturated carbocycles. The minimum Gasteiger partial charge on any atom is -0.387 e. The van der Waals surface area contributed by atoms with Gasteiger partial charge in [0.15, 0.2) is 0 Å². The van der Waals surface area contributed by atoms with E-state index < -0.39 is 6.61 Å². The Hall–Kier alpha value is -2.83. The number of pyridine rings is 2. The average molecular weight is 376 g/mol. The summed E-state index contributed by atoms with van der Waals surface area (Å²) in [6.07, 6.45) is 4.48. The molecule has 0 aliphatic carbocycles. The number of hydrogen-bond acceptors (Lipinski definition) is 5. The van der Waals surface area contributed by atoms with Crippen molar-refractivity contribution in [2.75, 3.05) is 32.8 Å². The van der Waals surface area contributed by atoms with Crippen LogP contribution in [0.3, 0.4) is 0 Å². The third-order valence-electron chi connectivity index (χ3n) is 5.20. The molecule has 1 saturated heterocycles. The first-order chi connectivity index (χ1) is 13.7. The second-order valence-corrected chi connectivity index (χ2v) is 7.17. The number of fused-ring (bicyclic) bond motifs is 1. The molecule has 1 aliphatic rings. The van der Waals surface area contributed by atoms with Gasteiger partial charge in [0.25, 0.3) is 0 Å². The van der Waals surface area contributed by atoms with Gasteiger partial charge in [0.2, 0.25) is 5.91 Å².